The first-order chi connectivity index (χ1) is 12.8. The molecule has 4 rings (SSSR count). The van der Waals surface area contributed by atoms with Crippen LogP contribution in [0.1, 0.15) is 23.6 Å². The van der Waals surface area contributed by atoms with Crippen molar-refractivity contribution in [3.8, 4) is 0 Å². The molecule has 3 aromatic rings. The summed E-state index contributed by atoms with van der Waals surface area (Å²) in [6.07, 6.45) is 4.69. The molecule has 0 N–H and O–H groups in total. The van der Waals surface area contributed by atoms with Crippen molar-refractivity contribution in [2.24, 2.45) is 5.10 Å². The van der Waals surface area contributed by atoms with Gasteiger partial charge in [0.1, 0.15) is 0 Å². The van der Waals surface area contributed by atoms with Gasteiger partial charge < -0.3 is 0 Å². The normalized spacial score (nSPS) is 17.4. The second-order valence-corrected chi connectivity index (χ2v) is 8.86. The van der Waals surface area contributed by atoms with Gasteiger partial charge in [0.15, 0.2) is 0 Å². The third-order valence-electron chi connectivity index (χ3n) is 4.34. The Labute approximate surface area is 166 Å². The predicted octanol–water partition coefficient (Wildman–Crippen LogP) is 4.05. The molecule has 2 heterocycles. The molecule has 27 heavy (non-hydrogen) atoms. The van der Waals surface area contributed by atoms with Crippen LogP contribution < -0.4 is 0 Å². The van der Waals surface area contributed by atoms with Crippen LogP contribution in [0.3, 0.4) is 0 Å². The SMILES string of the molecule is CS(=O)(=O)N1N=C(c2c(Cl)cccc2Cl)C[C@H]1c1ccc2nccnc2c1. The van der Waals surface area contributed by atoms with Crippen molar-refractivity contribution in [3.05, 3.63) is 70.0 Å². The van der Waals surface area contributed by atoms with E-state index in [1.807, 2.05) is 18.2 Å². The van der Waals surface area contributed by atoms with Crippen molar-refractivity contribution in [1.82, 2.24) is 14.4 Å². The summed E-state index contributed by atoms with van der Waals surface area (Å²) in [5, 5.41) is 5.21. The first-order valence-corrected chi connectivity index (χ1v) is 10.7. The lowest BCUT2D eigenvalue weighted by molar-refractivity contribution is 0.375. The fraction of sp³-hybridized carbons (Fsp3) is 0.167. The van der Waals surface area contributed by atoms with Gasteiger partial charge in [-0.1, -0.05) is 35.3 Å². The van der Waals surface area contributed by atoms with Gasteiger partial charge in [-0.05, 0) is 29.8 Å². The highest BCUT2D eigenvalue weighted by Gasteiger charge is 2.35. The van der Waals surface area contributed by atoms with Gasteiger partial charge in [0.2, 0.25) is 10.0 Å². The van der Waals surface area contributed by atoms with Gasteiger partial charge in [-0.25, -0.2) is 8.42 Å². The number of nitrogens with zero attached hydrogens (tertiary/aromatic N) is 4. The highest BCUT2D eigenvalue weighted by molar-refractivity contribution is 7.88. The van der Waals surface area contributed by atoms with Gasteiger partial charge in [0, 0.05) is 24.4 Å². The Bertz CT molecular complexity index is 1160. The van der Waals surface area contributed by atoms with Crippen molar-refractivity contribution in [1.29, 1.82) is 0 Å². The number of hydrazone groups is 1. The molecule has 0 saturated heterocycles. The van der Waals surface area contributed by atoms with E-state index in [0.29, 0.717) is 33.3 Å². The Morgan fingerprint density at radius 3 is 2.37 bits per heavy atom. The molecular weight excluding hydrogens is 407 g/mol. The van der Waals surface area contributed by atoms with Crippen LogP contribution >= 0.6 is 23.2 Å². The first kappa shape index (κ1) is 18.2. The van der Waals surface area contributed by atoms with Crippen LogP contribution in [0.15, 0.2) is 53.9 Å². The summed E-state index contributed by atoms with van der Waals surface area (Å²) in [5.74, 6) is 0. The Morgan fingerprint density at radius 2 is 1.70 bits per heavy atom. The van der Waals surface area contributed by atoms with Crippen LogP contribution in [0.2, 0.25) is 10.0 Å². The second-order valence-electron chi connectivity index (χ2n) is 6.20. The molecule has 1 aliphatic heterocycles. The Balaban J connectivity index is 1.81. The molecular formula is C18H14Cl2N4O2S. The van der Waals surface area contributed by atoms with Gasteiger partial charge in [0.25, 0.3) is 0 Å². The molecule has 1 aromatic heterocycles. The van der Waals surface area contributed by atoms with E-state index in [-0.39, 0.29) is 0 Å². The quantitative estimate of drug-likeness (QED) is 0.640. The van der Waals surface area contributed by atoms with E-state index >= 15 is 0 Å². The minimum absolute atomic E-state index is 0.349. The largest absolute Gasteiger partial charge is 0.253 e. The Hall–Kier alpha value is -2.22. The topological polar surface area (TPSA) is 75.5 Å². The maximum Gasteiger partial charge on any atom is 0.247 e. The van der Waals surface area contributed by atoms with E-state index in [9.17, 15) is 8.42 Å². The number of hydrogen-bond acceptors (Lipinski definition) is 5. The molecule has 0 amide bonds. The first-order valence-electron chi connectivity index (χ1n) is 8.06. The monoisotopic (exact) mass is 420 g/mol. The van der Waals surface area contributed by atoms with Crippen LogP contribution in [0, 0.1) is 0 Å². The minimum atomic E-state index is -3.60. The fourth-order valence-electron chi connectivity index (χ4n) is 3.15. The smallest absolute Gasteiger partial charge is 0.247 e. The minimum Gasteiger partial charge on any atom is -0.253 e. The van der Waals surface area contributed by atoms with Gasteiger partial charge in [-0.2, -0.15) is 9.52 Å². The molecule has 0 fully saturated rings. The zero-order valence-corrected chi connectivity index (χ0v) is 16.5. The van der Waals surface area contributed by atoms with Crippen molar-refractivity contribution in [2.75, 3.05) is 6.26 Å². The predicted molar refractivity (Wildman–Crippen MR) is 107 cm³/mol. The molecule has 0 saturated carbocycles. The molecule has 0 radical (unpaired) electrons. The van der Waals surface area contributed by atoms with Crippen LogP contribution in [0.5, 0.6) is 0 Å². The zero-order chi connectivity index (χ0) is 19.2. The molecule has 2 aromatic carbocycles. The Morgan fingerprint density at radius 1 is 1.04 bits per heavy atom. The van der Waals surface area contributed by atoms with Crippen LogP contribution in [0.4, 0.5) is 0 Å². The lowest BCUT2D eigenvalue weighted by Gasteiger charge is -2.21. The van der Waals surface area contributed by atoms with Gasteiger partial charge in [-0.15, -0.1) is 0 Å². The number of rotatable bonds is 3. The van der Waals surface area contributed by atoms with Gasteiger partial charge in [0.05, 0.1) is 39.1 Å². The number of hydrogen-bond donors (Lipinski definition) is 0. The molecule has 1 atom stereocenters. The van der Waals surface area contributed by atoms with Crippen LogP contribution in [0.25, 0.3) is 11.0 Å². The molecule has 9 heteroatoms. The molecule has 0 bridgehead atoms. The number of benzene rings is 2. The number of fused-ring (bicyclic) bond motifs is 1. The van der Waals surface area contributed by atoms with E-state index in [0.717, 1.165) is 21.8 Å². The van der Waals surface area contributed by atoms with Gasteiger partial charge in [-0.3, -0.25) is 9.97 Å². The third kappa shape index (κ3) is 3.38. The summed E-state index contributed by atoms with van der Waals surface area (Å²) in [6, 6.07) is 10.1. The van der Waals surface area contributed by atoms with E-state index in [4.69, 9.17) is 23.2 Å². The average Bonchev–Trinajstić information content (AvgIpc) is 3.06. The van der Waals surface area contributed by atoms with Crippen LogP contribution in [-0.2, 0) is 10.0 Å². The zero-order valence-electron chi connectivity index (χ0n) is 14.2. The molecule has 0 aliphatic carbocycles. The maximum atomic E-state index is 12.4. The number of halogens is 2. The average molecular weight is 421 g/mol. The van der Waals surface area contributed by atoms with E-state index in [2.05, 4.69) is 15.1 Å². The highest BCUT2D eigenvalue weighted by atomic mass is 35.5. The van der Waals surface area contributed by atoms with E-state index in [1.54, 1.807) is 30.6 Å². The van der Waals surface area contributed by atoms with Crippen molar-refractivity contribution in [2.45, 2.75) is 12.5 Å². The maximum absolute atomic E-state index is 12.4. The van der Waals surface area contributed by atoms with E-state index in [1.165, 1.54) is 0 Å². The fourth-order valence-corrected chi connectivity index (χ4v) is 4.68. The molecule has 1 aliphatic rings. The van der Waals surface area contributed by atoms with Crippen LogP contribution in [-0.4, -0.2) is 34.8 Å². The second kappa shape index (κ2) is 6.74. The summed E-state index contributed by atoms with van der Waals surface area (Å²) in [6.45, 7) is 0. The van der Waals surface area contributed by atoms with Crippen molar-refractivity contribution in [3.63, 3.8) is 0 Å². The highest BCUT2D eigenvalue weighted by Crippen LogP contribution is 2.38. The number of aromatic nitrogens is 2. The van der Waals surface area contributed by atoms with Crippen molar-refractivity contribution < 1.29 is 8.42 Å². The summed E-state index contributed by atoms with van der Waals surface area (Å²) < 4.78 is 25.8. The lowest BCUT2D eigenvalue weighted by Crippen LogP contribution is -2.25. The lowest BCUT2D eigenvalue weighted by atomic mass is 9.98. The summed E-state index contributed by atoms with van der Waals surface area (Å²) >= 11 is 12.6. The summed E-state index contributed by atoms with van der Waals surface area (Å²) in [5.41, 5.74) is 3.28. The standard InChI is InChI=1S/C18H14Cl2N4O2S/c1-27(25,26)24-17(11-5-6-14-15(9-11)22-8-7-21-14)10-16(23-24)18-12(19)3-2-4-13(18)20/h2-9,17H,10H2,1H3/t17-/m0/s1. The van der Waals surface area contributed by atoms with Crippen molar-refractivity contribution >= 4 is 50.0 Å². The molecule has 6 nitrogen and oxygen atoms in total. The van der Waals surface area contributed by atoms with E-state index < -0.39 is 16.1 Å². The molecule has 0 unspecified atom stereocenters. The molecule has 138 valence electrons. The Kier molecular flexibility index (Phi) is 4.53. The van der Waals surface area contributed by atoms with Gasteiger partial charge >= 0.3 is 0 Å². The summed E-state index contributed by atoms with van der Waals surface area (Å²) in [7, 11) is -3.60. The molecule has 0 spiro atoms. The number of sulfonamides is 1. The summed E-state index contributed by atoms with van der Waals surface area (Å²) in [4.78, 5) is 8.54. The third-order valence-corrected chi connectivity index (χ3v) is 5.99.